The summed E-state index contributed by atoms with van der Waals surface area (Å²) < 4.78 is 31.8. The van der Waals surface area contributed by atoms with E-state index < -0.39 is 11.6 Å². The van der Waals surface area contributed by atoms with Crippen LogP contribution in [0.1, 0.15) is 20.3 Å². The Hall–Kier alpha value is -2.63. The van der Waals surface area contributed by atoms with E-state index in [0.717, 1.165) is 17.9 Å². The molecule has 128 valence electrons. The van der Waals surface area contributed by atoms with E-state index in [1.165, 1.54) is 6.07 Å². The van der Waals surface area contributed by atoms with Crippen LogP contribution in [0.15, 0.2) is 42.5 Å². The molecule has 0 spiro atoms. The van der Waals surface area contributed by atoms with Crippen LogP contribution in [0.3, 0.4) is 0 Å². The SMILES string of the molecule is CC(C)Oc1ccc(NC(=O)CCNc2ccc(F)cc2F)cc1. The van der Waals surface area contributed by atoms with E-state index in [0.29, 0.717) is 5.69 Å². The number of hydrogen-bond donors (Lipinski definition) is 2. The van der Waals surface area contributed by atoms with E-state index >= 15 is 0 Å². The van der Waals surface area contributed by atoms with Gasteiger partial charge in [0.25, 0.3) is 0 Å². The van der Waals surface area contributed by atoms with Gasteiger partial charge in [-0.3, -0.25) is 4.79 Å². The fraction of sp³-hybridized carbons (Fsp3) is 0.278. The molecule has 0 aliphatic rings. The largest absolute Gasteiger partial charge is 0.491 e. The summed E-state index contributed by atoms with van der Waals surface area (Å²) in [7, 11) is 0. The minimum atomic E-state index is -0.684. The molecule has 0 saturated carbocycles. The van der Waals surface area contributed by atoms with Crippen LogP contribution >= 0.6 is 0 Å². The molecule has 0 aromatic heterocycles. The molecule has 24 heavy (non-hydrogen) atoms. The average Bonchev–Trinajstić information content (AvgIpc) is 2.51. The highest BCUT2D eigenvalue weighted by atomic mass is 19.1. The predicted octanol–water partition coefficient (Wildman–Crippen LogP) is 4.19. The lowest BCUT2D eigenvalue weighted by molar-refractivity contribution is -0.115. The van der Waals surface area contributed by atoms with Crippen LogP contribution < -0.4 is 15.4 Å². The summed E-state index contributed by atoms with van der Waals surface area (Å²) >= 11 is 0. The molecule has 0 unspecified atom stereocenters. The van der Waals surface area contributed by atoms with Crippen LogP contribution in [0.4, 0.5) is 20.2 Å². The van der Waals surface area contributed by atoms with E-state index in [1.807, 2.05) is 13.8 Å². The molecule has 0 radical (unpaired) electrons. The van der Waals surface area contributed by atoms with Gasteiger partial charge in [-0.2, -0.15) is 0 Å². The van der Waals surface area contributed by atoms with Crippen molar-refractivity contribution in [2.75, 3.05) is 17.2 Å². The molecule has 0 heterocycles. The van der Waals surface area contributed by atoms with Crippen LogP contribution in [0.25, 0.3) is 0 Å². The van der Waals surface area contributed by atoms with Crippen molar-refractivity contribution in [3.63, 3.8) is 0 Å². The number of halogens is 2. The first-order valence-corrected chi connectivity index (χ1v) is 7.69. The Kier molecular flexibility index (Phi) is 6.12. The van der Waals surface area contributed by atoms with Gasteiger partial charge in [0.05, 0.1) is 11.8 Å². The first kappa shape index (κ1) is 17.7. The van der Waals surface area contributed by atoms with Gasteiger partial charge in [-0.15, -0.1) is 0 Å². The van der Waals surface area contributed by atoms with Crippen molar-refractivity contribution < 1.29 is 18.3 Å². The third-order valence-electron chi connectivity index (χ3n) is 3.11. The standard InChI is InChI=1S/C18H20F2N2O2/c1-12(2)24-15-6-4-14(5-7-15)22-18(23)9-10-21-17-8-3-13(19)11-16(17)20/h3-8,11-12,21H,9-10H2,1-2H3,(H,22,23). The van der Waals surface area contributed by atoms with Gasteiger partial charge in [0.2, 0.25) is 5.91 Å². The molecule has 2 aromatic rings. The van der Waals surface area contributed by atoms with Gasteiger partial charge in [-0.05, 0) is 50.2 Å². The number of hydrogen-bond acceptors (Lipinski definition) is 3. The molecular formula is C18H20F2N2O2. The minimum Gasteiger partial charge on any atom is -0.491 e. The molecular weight excluding hydrogens is 314 g/mol. The first-order valence-electron chi connectivity index (χ1n) is 7.69. The van der Waals surface area contributed by atoms with Crippen molar-refractivity contribution in [1.29, 1.82) is 0 Å². The monoisotopic (exact) mass is 334 g/mol. The maximum atomic E-state index is 13.4. The molecule has 1 amide bonds. The third kappa shape index (κ3) is 5.53. The number of carbonyl (C=O) groups is 1. The maximum Gasteiger partial charge on any atom is 0.226 e. The molecule has 6 heteroatoms. The van der Waals surface area contributed by atoms with Crippen molar-refractivity contribution >= 4 is 17.3 Å². The van der Waals surface area contributed by atoms with Gasteiger partial charge in [0.15, 0.2) is 0 Å². The van der Waals surface area contributed by atoms with E-state index in [1.54, 1.807) is 24.3 Å². The van der Waals surface area contributed by atoms with Crippen LogP contribution in [-0.2, 0) is 4.79 Å². The molecule has 2 N–H and O–H groups in total. The summed E-state index contributed by atoms with van der Waals surface area (Å²) in [6, 6.07) is 10.3. The molecule has 0 aliphatic carbocycles. The summed E-state index contributed by atoms with van der Waals surface area (Å²) in [5.41, 5.74) is 0.823. The van der Waals surface area contributed by atoms with Gasteiger partial charge >= 0.3 is 0 Å². The lowest BCUT2D eigenvalue weighted by Gasteiger charge is -2.11. The Morgan fingerprint density at radius 1 is 1.12 bits per heavy atom. The highest BCUT2D eigenvalue weighted by molar-refractivity contribution is 5.91. The number of nitrogens with one attached hydrogen (secondary N) is 2. The van der Waals surface area contributed by atoms with Crippen LogP contribution in [0.2, 0.25) is 0 Å². The Labute approximate surface area is 139 Å². The summed E-state index contributed by atoms with van der Waals surface area (Å²) in [6.07, 6.45) is 0.240. The van der Waals surface area contributed by atoms with E-state index in [-0.39, 0.29) is 30.7 Å². The zero-order valence-electron chi connectivity index (χ0n) is 13.6. The van der Waals surface area contributed by atoms with Gasteiger partial charge in [0, 0.05) is 24.7 Å². The molecule has 4 nitrogen and oxygen atoms in total. The lowest BCUT2D eigenvalue weighted by Crippen LogP contribution is -2.16. The average molecular weight is 334 g/mol. The normalized spacial score (nSPS) is 10.5. The number of amides is 1. The zero-order valence-corrected chi connectivity index (χ0v) is 13.6. The van der Waals surface area contributed by atoms with Crippen molar-refractivity contribution in [3.05, 3.63) is 54.1 Å². The molecule has 2 aromatic carbocycles. The Balaban J connectivity index is 1.78. The van der Waals surface area contributed by atoms with Crippen molar-refractivity contribution in [1.82, 2.24) is 0 Å². The maximum absolute atomic E-state index is 13.4. The fourth-order valence-electron chi connectivity index (χ4n) is 2.06. The highest BCUT2D eigenvalue weighted by Gasteiger charge is 2.06. The summed E-state index contributed by atoms with van der Waals surface area (Å²) in [4.78, 5) is 11.9. The molecule has 0 bridgehead atoms. The van der Waals surface area contributed by atoms with Crippen molar-refractivity contribution in [2.24, 2.45) is 0 Å². The molecule has 2 rings (SSSR count). The number of carbonyl (C=O) groups excluding carboxylic acids is 1. The van der Waals surface area contributed by atoms with Gasteiger partial charge in [-0.1, -0.05) is 0 Å². The highest BCUT2D eigenvalue weighted by Crippen LogP contribution is 2.17. The number of ether oxygens (including phenoxy) is 1. The smallest absolute Gasteiger partial charge is 0.226 e. The summed E-state index contributed by atoms with van der Waals surface area (Å²) in [5.74, 6) is -0.796. The van der Waals surface area contributed by atoms with E-state index in [2.05, 4.69) is 10.6 Å². The predicted molar refractivity (Wildman–Crippen MR) is 90.3 cm³/mol. The number of rotatable bonds is 7. The van der Waals surface area contributed by atoms with Crippen molar-refractivity contribution in [2.45, 2.75) is 26.4 Å². The Morgan fingerprint density at radius 3 is 2.46 bits per heavy atom. The second kappa shape index (κ2) is 8.29. The lowest BCUT2D eigenvalue weighted by atomic mass is 10.2. The minimum absolute atomic E-state index is 0.0865. The van der Waals surface area contributed by atoms with Crippen molar-refractivity contribution in [3.8, 4) is 5.75 Å². The second-order valence-electron chi connectivity index (χ2n) is 5.54. The van der Waals surface area contributed by atoms with E-state index in [9.17, 15) is 13.6 Å². The van der Waals surface area contributed by atoms with Gasteiger partial charge < -0.3 is 15.4 Å². The first-order chi connectivity index (χ1) is 11.4. The summed E-state index contributed by atoms with van der Waals surface area (Å²) in [6.45, 7) is 4.11. The number of anilines is 2. The Bertz CT molecular complexity index is 688. The van der Waals surface area contributed by atoms with Gasteiger partial charge in [0.1, 0.15) is 17.4 Å². The molecule has 0 saturated heterocycles. The Morgan fingerprint density at radius 2 is 1.83 bits per heavy atom. The third-order valence-corrected chi connectivity index (χ3v) is 3.11. The molecule has 0 aliphatic heterocycles. The number of benzene rings is 2. The fourth-order valence-corrected chi connectivity index (χ4v) is 2.06. The summed E-state index contributed by atoms with van der Waals surface area (Å²) in [5, 5.41) is 5.51. The van der Waals surface area contributed by atoms with E-state index in [4.69, 9.17) is 4.74 Å². The quantitative estimate of drug-likeness (QED) is 0.798. The zero-order chi connectivity index (χ0) is 17.5. The van der Waals surface area contributed by atoms with Crippen LogP contribution in [0, 0.1) is 11.6 Å². The molecule has 0 atom stereocenters. The second-order valence-corrected chi connectivity index (χ2v) is 5.54. The molecule has 0 fully saturated rings. The van der Waals surface area contributed by atoms with Gasteiger partial charge in [-0.25, -0.2) is 8.78 Å². The van der Waals surface area contributed by atoms with Crippen LogP contribution in [-0.4, -0.2) is 18.6 Å². The topological polar surface area (TPSA) is 50.4 Å². The van der Waals surface area contributed by atoms with Crippen LogP contribution in [0.5, 0.6) is 5.75 Å².